The summed E-state index contributed by atoms with van der Waals surface area (Å²) < 4.78 is 0. The summed E-state index contributed by atoms with van der Waals surface area (Å²) >= 11 is 0. The van der Waals surface area contributed by atoms with Gasteiger partial charge in [-0.2, -0.15) is 0 Å². The van der Waals surface area contributed by atoms with E-state index in [0.717, 1.165) is 28.6 Å². The Morgan fingerprint density at radius 3 is 2.38 bits per heavy atom. The summed E-state index contributed by atoms with van der Waals surface area (Å²) in [7, 11) is 1.74. The minimum absolute atomic E-state index is 0.167. The number of likely N-dealkylation sites (N-methyl/N-ethyl adjacent to an activating group) is 1. The van der Waals surface area contributed by atoms with Crippen LogP contribution in [-0.4, -0.2) is 58.4 Å². The normalized spacial score (nSPS) is 24.1. The number of anilines is 1. The largest absolute Gasteiger partial charge is 0.328 e. The highest BCUT2D eigenvalue weighted by Gasteiger charge is 2.55. The molecule has 29 heavy (non-hydrogen) atoms. The van der Waals surface area contributed by atoms with Crippen molar-refractivity contribution >= 4 is 23.6 Å². The number of nitrogens with zero attached hydrogens (tertiary/aromatic N) is 5. The Morgan fingerprint density at radius 1 is 1.07 bits per heavy atom. The van der Waals surface area contributed by atoms with Gasteiger partial charge in [0, 0.05) is 25.0 Å². The second-order valence-corrected chi connectivity index (χ2v) is 8.69. The maximum absolute atomic E-state index is 13.4. The number of carbonyl (C=O) groups is 2. The van der Waals surface area contributed by atoms with Crippen LogP contribution in [0.4, 0.5) is 10.5 Å². The van der Waals surface area contributed by atoms with Gasteiger partial charge in [0.1, 0.15) is 0 Å². The number of allylic oxidation sites excluding steroid dienone is 2. The van der Waals surface area contributed by atoms with Crippen molar-refractivity contribution in [2.45, 2.75) is 53.8 Å². The van der Waals surface area contributed by atoms with Crippen LogP contribution in [0.15, 0.2) is 34.6 Å². The molecule has 3 heterocycles. The molecule has 2 unspecified atom stereocenters. The molecule has 3 amide bonds. The van der Waals surface area contributed by atoms with Crippen molar-refractivity contribution in [3.05, 3.63) is 40.7 Å². The van der Waals surface area contributed by atoms with Crippen LogP contribution >= 0.6 is 0 Å². The average molecular weight is 396 g/mol. The van der Waals surface area contributed by atoms with E-state index in [1.807, 2.05) is 25.7 Å². The molecule has 1 saturated heterocycles. The molecule has 0 spiro atoms. The van der Waals surface area contributed by atoms with Gasteiger partial charge in [0.15, 0.2) is 12.2 Å². The van der Waals surface area contributed by atoms with E-state index in [9.17, 15) is 9.59 Å². The smallest absolute Gasteiger partial charge is 0.302 e. The third kappa shape index (κ3) is 2.74. The SMILES string of the molecule is CC1=C(C)N2C(=NC3C2C(=O)N(CC(C)C)C(=O)N3C)N1c1ccc(C)cc1C. The number of urea groups is 1. The van der Waals surface area contributed by atoms with Crippen molar-refractivity contribution in [3.8, 4) is 0 Å². The zero-order valence-corrected chi connectivity index (χ0v) is 18.2. The number of hydrogen-bond donors (Lipinski definition) is 0. The fraction of sp³-hybridized carbons (Fsp3) is 0.500. The van der Waals surface area contributed by atoms with Crippen LogP contribution in [0.2, 0.25) is 0 Å². The maximum Gasteiger partial charge on any atom is 0.328 e. The summed E-state index contributed by atoms with van der Waals surface area (Å²) in [6.07, 6.45) is -0.510. The number of benzene rings is 1. The highest BCUT2D eigenvalue weighted by molar-refractivity contribution is 6.10. The van der Waals surface area contributed by atoms with Crippen LogP contribution in [0.25, 0.3) is 0 Å². The number of carbonyl (C=O) groups excluding carboxylic acids is 2. The van der Waals surface area contributed by atoms with E-state index in [1.165, 1.54) is 10.5 Å². The molecule has 0 bridgehead atoms. The molecule has 0 saturated carbocycles. The van der Waals surface area contributed by atoms with Gasteiger partial charge >= 0.3 is 6.03 Å². The van der Waals surface area contributed by atoms with E-state index in [4.69, 9.17) is 4.99 Å². The molecule has 154 valence electrons. The summed E-state index contributed by atoms with van der Waals surface area (Å²) in [6, 6.07) is 5.54. The van der Waals surface area contributed by atoms with E-state index in [2.05, 4.69) is 43.9 Å². The molecule has 4 rings (SSSR count). The number of hydrogen-bond acceptors (Lipinski definition) is 5. The van der Waals surface area contributed by atoms with Gasteiger partial charge in [-0.15, -0.1) is 0 Å². The Kier molecular flexibility index (Phi) is 4.44. The lowest BCUT2D eigenvalue weighted by molar-refractivity contribution is -0.137. The summed E-state index contributed by atoms with van der Waals surface area (Å²) in [5.41, 5.74) is 5.45. The van der Waals surface area contributed by atoms with Crippen LogP contribution in [0.1, 0.15) is 38.8 Å². The molecule has 1 aromatic rings. The van der Waals surface area contributed by atoms with Crippen molar-refractivity contribution in [1.29, 1.82) is 0 Å². The average Bonchev–Trinajstić information content (AvgIpc) is 3.14. The Labute approximate surface area is 172 Å². The number of imide groups is 1. The van der Waals surface area contributed by atoms with Crippen LogP contribution < -0.4 is 4.90 Å². The van der Waals surface area contributed by atoms with Crippen molar-refractivity contribution < 1.29 is 9.59 Å². The molecule has 1 aromatic carbocycles. The Hall–Kier alpha value is -2.83. The van der Waals surface area contributed by atoms with E-state index < -0.39 is 12.2 Å². The van der Waals surface area contributed by atoms with Crippen molar-refractivity contribution in [1.82, 2.24) is 14.7 Å². The van der Waals surface area contributed by atoms with Crippen LogP contribution in [0.3, 0.4) is 0 Å². The number of amides is 3. The molecule has 3 aliphatic rings. The Morgan fingerprint density at radius 2 is 1.76 bits per heavy atom. The van der Waals surface area contributed by atoms with Gasteiger partial charge in [-0.25, -0.2) is 9.79 Å². The molecule has 0 aromatic heterocycles. The lowest BCUT2D eigenvalue weighted by atomic mass is 10.1. The summed E-state index contributed by atoms with van der Waals surface area (Å²) in [5, 5.41) is 0. The van der Waals surface area contributed by atoms with Gasteiger partial charge in [0.2, 0.25) is 5.96 Å². The lowest BCUT2D eigenvalue weighted by Crippen LogP contribution is -2.65. The predicted octanol–water partition coefficient (Wildman–Crippen LogP) is 3.29. The second kappa shape index (κ2) is 6.61. The molecule has 7 heteroatoms. The fourth-order valence-corrected chi connectivity index (χ4v) is 4.49. The molecule has 0 radical (unpaired) electrons. The van der Waals surface area contributed by atoms with Crippen LogP contribution in [0, 0.1) is 19.8 Å². The van der Waals surface area contributed by atoms with E-state index >= 15 is 0 Å². The molecule has 1 fully saturated rings. The summed E-state index contributed by atoms with van der Waals surface area (Å²) in [4.78, 5) is 38.2. The van der Waals surface area contributed by atoms with Gasteiger partial charge in [0.25, 0.3) is 5.91 Å². The molecule has 3 aliphatic heterocycles. The molecule has 0 aliphatic carbocycles. The first kappa shape index (κ1) is 19.5. The third-order valence-corrected chi connectivity index (χ3v) is 6.03. The first-order chi connectivity index (χ1) is 13.6. The van der Waals surface area contributed by atoms with Gasteiger partial charge in [0.05, 0.1) is 5.69 Å². The van der Waals surface area contributed by atoms with Crippen molar-refractivity contribution in [2.24, 2.45) is 10.9 Å². The van der Waals surface area contributed by atoms with Gasteiger partial charge in [-0.1, -0.05) is 31.5 Å². The molecule has 7 nitrogen and oxygen atoms in total. The topological polar surface area (TPSA) is 59.5 Å². The zero-order valence-electron chi connectivity index (χ0n) is 18.2. The highest BCUT2D eigenvalue weighted by atomic mass is 16.2. The Bertz CT molecular complexity index is 964. The number of rotatable bonds is 3. The van der Waals surface area contributed by atoms with Gasteiger partial charge in [-0.05, 0) is 45.2 Å². The second-order valence-electron chi connectivity index (χ2n) is 8.69. The number of fused-ring (bicyclic) bond motifs is 3. The van der Waals surface area contributed by atoms with E-state index in [1.54, 1.807) is 11.9 Å². The summed E-state index contributed by atoms with van der Waals surface area (Å²) in [6.45, 7) is 12.7. The minimum atomic E-state index is -0.517. The molecule has 0 N–H and O–H groups in total. The molecular formula is C22H29N5O2. The number of aliphatic imine (C=N–C) groups is 1. The van der Waals surface area contributed by atoms with Crippen molar-refractivity contribution in [3.63, 3.8) is 0 Å². The number of aryl methyl sites for hydroxylation is 2. The fourth-order valence-electron chi connectivity index (χ4n) is 4.49. The molecular weight excluding hydrogens is 366 g/mol. The highest BCUT2D eigenvalue weighted by Crippen LogP contribution is 2.40. The summed E-state index contributed by atoms with van der Waals surface area (Å²) in [5.74, 6) is 0.764. The van der Waals surface area contributed by atoms with Gasteiger partial charge in [-0.3, -0.25) is 19.5 Å². The quantitative estimate of drug-likeness (QED) is 0.788. The third-order valence-electron chi connectivity index (χ3n) is 6.03. The first-order valence-corrected chi connectivity index (χ1v) is 10.1. The predicted molar refractivity (Wildman–Crippen MR) is 113 cm³/mol. The van der Waals surface area contributed by atoms with Gasteiger partial charge < -0.3 is 4.90 Å². The minimum Gasteiger partial charge on any atom is -0.302 e. The number of guanidine groups is 1. The van der Waals surface area contributed by atoms with E-state index in [0.29, 0.717) is 6.54 Å². The van der Waals surface area contributed by atoms with Crippen molar-refractivity contribution in [2.75, 3.05) is 18.5 Å². The molecule has 2 atom stereocenters. The van der Waals surface area contributed by atoms with E-state index in [-0.39, 0.29) is 17.9 Å². The zero-order chi connectivity index (χ0) is 21.2. The Balaban J connectivity index is 1.78. The standard InChI is InChI=1S/C22H29N5O2/c1-12(2)11-25-20(28)18-19(24(7)22(25)29)23-21-26(15(5)16(6)27(18)21)17-9-8-13(3)10-14(17)4/h8-10,12,18-19H,11H2,1-7H3. The lowest BCUT2D eigenvalue weighted by Gasteiger charge is -2.41. The monoisotopic (exact) mass is 395 g/mol. The first-order valence-electron chi connectivity index (χ1n) is 10.1. The van der Waals surface area contributed by atoms with Crippen LogP contribution in [0.5, 0.6) is 0 Å². The van der Waals surface area contributed by atoms with Crippen LogP contribution in [-0.2, 0) is 4.79 Å². The maximum atomic E-state index is 13.4.